The Morgan fingerprint density at radius 2 is 0.804 bits per heavy atom. The zero-order valence-corrected chi connectivity index (χ0v) is 30.7. The van der Waals surface area contributed by atoms with Crippen molar-refractivity contribution in [3.63, 3.8) is 0 Å². The van der Waals surface area contributed by atoms with Crippen molar-refractivity contribution >= 4 is 65.8 Å². The minimum Gasteiger partial charge on any atom is -0.315 e. The van der Waals surface area contributed by atoms with E-state index >= 15 is 0 Å². The predicted molar refractivity (Wildman–Crippen MR) is 238 cm³/mol. The summed E-state index contributed by atoms with van der Waals surface area (Å²) in [5.74, 6) is 0. The van der Waals surface area contributed by atoms with E-state index in [4.69, 9.17) is 0 Å². The van der Waals surface area contributed by atoms with Crippen LogP contribution in [0, 0.1) is 0 Å². The quantitative estimate of drug-likeness (QED) is 0.167. The molecular formula is C54H36N2. The van der Waals surface area contributed by atoms with E-state index in [0.29, 0.717) is 0 Å². The van der Waals surface area contributed by atoms with Crippen molar-refractivity contribution < 1.29 is 0 Å². The highest BCUT2D eigenvalue weighted by Gasteiger charge is 2.20. The normalized spacial score (nSPS) is 11.6. The lowest BCUT2D eigenvalue weighted by Crippen LogP contribution is -2.10. The van der Waals surface area contributed by atoms with Crippen LogP contribution in [0.4, 0.5) is 17.1 Å². The molecule has 2 nitrogen and oxygen atoms in total. The van der Waals surface area contributed by atoms with Crippen LogP contribution < -0.4 is 4.90 Å². The van der Waals surface area contributed by atoms with E-state index < -0.39 is 0 Å². The Balaban J connectivity index is 1.10. The molecule has 0 amide bonds. The lowest BCUT2D eigenvalue weighted by atomic mass is 9.97. The molecule has 0 aliphatic carbocycles. The summed E-state index contributed by atoms with van der Waals surface area (Å²) in [5.41, 5.74) is 13.0. The molecule has 11 aromatic rings. The molecule has 0 N–H and O–H groups in total. The van der Waals surface area contributed by atoms with E-state index in [2.05, 4.69) is 228 Å². The van der Waals surface area contributed by atoms with Gasteiger partial charge in [0.25, 0.3) is 0 Å². The summed E-state index contributed by atoms with van der Waals surface area (Å²) in [6.07, 6.45) is 2.23. The number of rotatable bonds is 6. The van der Waals surface area contributed by atoms with E-state index in [1.807, 2.05) is 0 Å². The van der Waals surface area contributed by atoms with E-state index in [0.717, 1.165) is 17.1 Å². The highest BCUT2D eigenvalue weighted by atomic mass is 15.1. The van der Waals surface area contributed by atoms with Crippen LogP contribution in [0.5, 0.6) is 0 Å². The fourth-order valence-corrected chi connectivity index (χ4v) is 8.75. The third-order valence-electron chi connectivity index (χ3n) is 11.4. The highest BCUT2D eigenvalue weighted by molar-refractivity contribution is 6.15. The Bertz CT molecular complexity index is 3100. The number of hydrogen-bond acceptors (Lipinski definition) is 1. The summed E-state index contributed by atoms with van der Waals surface area (Å²) in [7, 11) is 0. The van der Waals surface area contributed by atoms with Gasteiger partial charge < -0.3 is 9.30 Å². The summed E-state index contributed by atoms with van der Waals surface area (Å²) in [6.45, 7) is 0. The van der Waals surface area contributed by atoms with Gasteiger partial charge >= 0.3 is 0 Å². The van der Waals surface area contributed by atoms with Gasteiger partial charge in [-0.05, 0) is 97.2 Å². The lowest BCUT2D eigenvalue weighted by Gasteiger charge is -2.26. The first-order valence-electron chi connectivity index (χ1n) is 19.3. The van der Waals surface area contributed by atoms with Crippen LogP contribution in [0.25, 0.3) is 82.1 Å². The summed E-state index contributed by atoms with van der Waals surface area (Å²) >= 11 is 0. The van der Waals surface area contributed by atoms with Crippen molar-refractivity contribution in [3.05, 3.63) is 219 Å². The molecule has 0 aliphatic heterocycles. The van der Waals surface area contributed by atoms with E-state index in [-0.39, 0.29) is 0 Å². The zero-order valence-electron chi connectivity index (χ0n) is 30.7. The minimum absolute atomic E-state index is 1.10. The van der Waals surface area contributed by atoms with Crippen molar-refractivity contribution in [2.24, 2.45) is 0 Å². The van der Waals surface area contributed by atoms with Gasteiger partial charge in [-0.3, -0.25) is 0 Å². The second-order valence-electron chi connectivity index (χ2n) is 14.5. The third kappa shape index (κ3) is 5.26. The molecule has 0 atom stereocenters. The maximum Gasteiger partial charge on any atom is 0.0619 e. The van der Waals surface area contributed by atoms with Gasteiger partial charge in [-0.15, -0.1) is 0 Å². The van der Waals surface area contributed by atoms with Crippen LogP contribution in [0.1, 0.15) is 0 Å². The standard InChI is InChI=1S/C54H36N2/c1-2-15-42(16-3-1)53-51-33-32-45(36-52(51)55-35-34-39-14-6-9-21-50(39)54(53)55)56(43-28-24-40(25-29-43)48-22-10-17-37-12-4-7-19-46(37)48)44-30-26-41(27-31-44)49-23-11-18-38-13-5-8-20-47(38)49/h1-36H. The fourth-order valence-electron chi connectivity index (χ4n) is 8.75. The van der Waals surface area contributed by atoms with Gasteiger partial charge in [-0.1, -0.05) is 170 Å². The second-order valence-corrected chi connectivity index (χ2v) is 14.5. The number of benzene rings is 9. The Morgan fingerprint density at radius 1 is 0.321 bits per heavy atom. The smallest absolute Gasteiger partial charge is 0.0619 e. The molecule has 2 heteroatoms. The number of aromatic nitrogens is 1. The van der Waals surface area contributed by atoms with Gasteiger partial charge in [0.2, 0.25) is 0 Å². The molecule has 0 bridgehead atoms. The molecule has 11 rings (SSSR count). The van der Waals surface area contributed by atoms with Crippen LogP contribution in [0.15, 0.2) is 219 Å². The summed E-state index contributed by atoms with van der Waals surface area (Å²) in [4.78, 5) is 2.39. The zero-order chi connectivity index (χ0) is 37.0. The molecule has 56 heavy (non-hydrogen) atoms. The topological polar surface area (TPSA) is 7.65 Å². The van der Waals surface area contributed by atoms with E-state index in [9.17, 15) is 0 Å². The largest absolute Gasteiger partial charge is 0.315 e. The summed E-state index contributed by atoms with van der Waals surface area (Å²) < 4.78 is 2.38. The van der Waals surface area contributed by atoms with Gasteiger partial charge in [0.15, 0.2) is 0 Å². The molecule has 0 fully saturated rings. The molecule has 0 spiro atoms. The predicted octanol–water partition coefficient (Wildman–Crippen LogP) is 15.0. The van der Waals surface area contributed by atoms with E-state index in [1.165, 1.54) is 82.1 Å². The first-order valence-corrected chi connectivity index (χ1v) is 19.3. The molecule has 262 valence electrons. The number of hydrogen-bond donors (Lipinski definition) is 0. The van der Waals surface area contributed by atoms with Gasteiger partial charge in [0.05, 0.1) is 11.0 Å². The summed E-state index contributed by atoms with van der Waals surface area (Å²) in [6, 6.07) is 77.2. The molecule has 0 saturated heterocycles. The van der Waals surface area contributed by atoms with Crippen molar-refractivity contribution in [3.8, 4) is 33.4 Å². The average molecular weight is 713 g/mol. The Hall–Kier alpha value is -7.42. The molecule has 0 radical (unpaired) electrons. The van der Waals surface area contributed by atoms with Crippen LogP contribution >= 0.6 is 0 Å². The molecule has 0 unspecified atom stereocenters. The number of pyridine rings is 1. The third-order valence-corrected chi connectivity index (χ3v) is 11.4. The van der Waals surface area contributed by atoms with E-state index in [1.54, 1.807) is 0 Å². The average Bonchev–Trinajstić information content (AvgIpc) is 3.61. The van der Waals surface area contributed by atoms with Crippen molar-refractivity contribution in [1.29, 1.82) is 0 Å². The number of fused-ring (bicyclic) bond motifs is 7. The lowest BCUT2D eigenvalue weighted by molar-refractivity contribution is 1.25. The summed E-state index contributed by atoms with van der Waals surface area (Å²) in [5, 5.41) is 8.73. The SMILES string of the molecule is c1ccc(-c2c3ccc(N(c4ccc(-c5cccc6ccccc56)cc4)c4ccc(-c5cccc6ccccc56)cc4)cc3n3ccc4ccccc4c23)cc1. The Kier molecular flexibility index (Phi) is 7.53. The van der Waals surface area contributed by atoms with Crippen molar-refractivity contribution in [2.75, 3.05) is 4.90 Å². The van der Waals surface area contributed by atoms with Crippen LogP contribution in [0.2, 0.25) is 0 Å². The molecule has 0 aliphatic rings. The monoisotopic (exact) mass is 712 g/mol. The molecule has 9 aromatic carbocycles. The highest BCUT2D eigenvalue weighted by Crippen LogP contribution is 2.43. The van der Waals surface area contributed by atoms with Crippen LogP contribution in [-0.2, 0) is 0 Å². The first-order chi connectivity index (χ1) is 27.8. The maximum absolute atomic E-state index is 2.39. The molecular weight excluding hydrogens is 677 g/mol. The van der Waals surface area contributed by atoms with Crippen molar-refractivity contribution in [1.82, 2.24) is 4.40 Å². The van der Waals surface area contributed by atoms with Gasteiger partial charge in [0, 0.05) is 39.6 Å². The van der Waals surface area contributed by atoms with Gasteiger partial charge in [0.1, 0.15) is 0 Å². The van der Waals surface area contributed by atoms with Gasteiger partial charge in [-0.25, -0.2) is 0 Å². The second kappa shape index (κ2) is 13.2. The Morgan fingerprint density at radius 3 is 1.39 bits per heavy atom. The first kappa shape index (κ1) is 32.0. The maximum atomic E-state index is 2.39. The number of nitrogens with zero attached hydrogens (tertiary/aromatic N) is 2. The van der Waals surface area contributed by atoms with Crippen molar-refractivity contribution in [2.45, 2.75) is 0 Å². The molecule has 2 heterocycles. The fraction of sp³-hybridized carbons (Fsp3) is 0. The molecule has 2 aromatic heterocycles. The van der Waals surface area contributed by atoms with Crippen LogP contribution in [-0.4, -0.2) is 4.40 Å². The molecule has 0 saturated carbocycles. The number of anilines is 3. The van der Waals surface area contributed by atoms with Gasteiger partial charge in [-0.2, -0.15) is 0 Å². The minimum atomic E-state index is 1.10. The Labute approximate surface area is 325 Å². The van der Waals surface area contributed by atoms with Crippen LogP contribution in [0.3, 0.4) is 0 Å².